The molecule has 0 aliphatic heterocycles. The molecule has 20 heavy (non-hydrogen) atoms. The van der Waals surface area contributed by atoms with Crippen LogP contribution in [0.25, 0.3) is 0 Å². The molecule has 0 aromatic heterocycles. The van der Waals surface area contributed by atoms with Crippen molar-refractivity contribution in [1.82, 2.24) is 0 Å². The summed E-state index contributed by atoms with van der Waals surface area (Å²) in [5.74, 6) is 0.706. The zero-order valence-corrected chi connectivity index (χ0v) is 12.7. The van der Waals surface area contributed by atoms with Gasteiger partial charge in [-0.15, -0.1) is 11.8 Å². The molecular formula is C17H20FNS. The fourth-order valence-corrected chi connectivity index (χ4v) is 3.49. The molecule has 2 aromatic carbocycles. The second kappa shape index (κ2) is 6.91. The average molecular weight is 289 g/mol. The number of benzene rings is 2. The molecule has 0 aliphatic carbocycles. The first kappa shape index (κ1) is 15.1. The highest BCUT2D eigenvalue weighted by molar-refractivity contribution is 7.98. The Kier molecular flexibility index (Phi) is 5.21. The van der Waals surface area contributed by atoms with Crippen LogP contribution in [0.15, 0.2) is 48.5 Å². The van der Waals surface area contributed by atoms with Crippen molar-refractivity contribution in [2.24, 2.45) is 5.73 Å². The second-order valence-corrected chi connectivity index (χ2v) is 6.20. The van der Waals surface area contributed by atoms with Gasteiger partial charge in [-0.2, -0.15) is 0 Å². The number of thioether (sulfide) groups is 1. The van der Waals surface area contributed by atoms with Crippen LogP contribution in [-0.2, 0) is 5.75 Å². The molecule has 3 heteroatoms. The van der Waals surface area contributed by atoms with Crippen molar-refractivity contribution in [3.63, 3.8) is 0 Å². The smallest absolute Gasteiger partial charge is 0.123 e. The maximum absolute atomic E-state index is 13.0. The van der Waals surface area contributed by atoms with E-state index in [9.17, 15) is 4.39 Å². The topological polar surface area (TPSA) is 26.0 Å². The average Bonchev–Trinajstić information content (AvgIpc) is 2.42. The van der Waals surface area contributed by atoms with Crippen LogP contribution >= 0.6 is 11.8 Å². The SMILES string of the molecule is Cc1ccccc1CSC(c1ccc(F)cc1)C(C)N. The fraction of sp³-hybridized carbons (Fsp3) is 0.294. The van der Waals surface area contributed by atoms with Crippen molar-refractivity contribution < 1.29 is 4.39 Å². The van der Waals surface area contributed by atoms with Gasteiger partial charge in [0.15, 0.2) is 0 Å². The Balaban J connectivity index is 2.11. The summed E-state index contributed by atoms with van der Waals surface area (Å²) in [7, 11) is 0. The lowest BCUT2D eigenvalue weighted by molar-refractivity contribution is 0.625. The summed E-state index contributed by atoms with van der Waals surface area (Å²) >= 11 is 1.81. The molecular weight excluding hydrogens is 269 g/mol. The van der Waals surface area contributed by atoms with Crippen LogP contribution in [0.3, 0.4) is 0 Å². The summed E-state index contributed by atoms with van der Waals surface area (Å²) in [6, 6.07) is 15.0. The predicted octanol–water partition coefficient (Wildman–Crippen LogP) is 4.46. The first-order valence-corrected chi connectivity index (χ1v) is 7.80. The van der Waals surface area contributed by atoms with Gasteiger partial charge in [0.1, 0.15) is 5.82 Å². The molecule has 2 rings (SSSR count). The zero-order chi connectivity index (χ0) is 14.5. The number of halogens is 1. The predicted molar refractivity (Wildman–Crippen MR) is 85.3 cm³/mol. The summed E-state index contributed by atoms with van der Waals surface area (Å²) in [4.78, 5) is 0. The zero-order valence-electron chi connectivity index (χ0n) is 11.8. The summed E-state index contributed by atoms with van der Waals surface area (Å²) in [5, 5.41) is 0.176. The highest BCUT2D eigenvalue weighted by Gasteiger charge is 2.17. The molecule has 0 amide bonds. The van der Waals surface area contributed by atoms with E-state index in [-0.39, 0.29) is 17.1 Å². The standard InChI is InChI=1S/C17H20FNS/c1-12-5-3-4-6-15(12)11-20-17(13(2)19)14-7-9-16(18)10-8-14/h3-10,13,17H,11,19H2,1-2H3. The van der Waals surface area contributed by atoms with E-state index in [1.807, 2.05) is 36.9 Å². The second-order valence-electron chi connectivity index (χ2n) is 5.07. The van der Waals surface area contributed by atoms with E-state index < -0.39 is 0 Å². The Hall–Kier alpha value is -1.32. The van der Waals surface area contributed by atoms with Crippen molar-refractivity contribution in [2.45, 2.75) is 30.9 Å². The van der Waals surface area contributed by atoms with Crippen molar-refractivity contribution in [3.05, 3.63) is 71.0 Å². The van der Waals surface area contributed by atoms with Gasteiger partial charge in [-0.25, -0.2) is 4.39 Å². The minimum Gasteiger partial charge on any atom is -0.327 e. The fourth-order valence-electron chi connectivity index (χ4n) is 2.16. The summed E-state index contributed by atoms with van der Waals surface area (Å²) in [6.45, 7) is 4.12. The molecule has 0 heterocycles. The van der Waals surface area contributed by atoms with Gasteiger partial charge >= 0.3 is 0 Å². The molecule has 0 bridgehead atoms. The monoisotopic (exact) mass is 289 g/mol. The first-order chi connectivity index (χ1) is 9.58. The Bertz CT molecular complexity index is 551. The lowest BCUT2D eigenvalue weighted by Crippen LogP contribution is -2.22. The van der Waals surface area contributed by atoms with Crippen LogP contribution < -0.4 is 5.73 Å². The number of aryl methyl sites for hydroxylation is 1. The minimum atomic E-state index is -0.207. The summed E-state index contributed by atoms with van der Waals surface area (Å²) < 4.78 is 13.0. The van der Waals surface area contributed by atoms with Crippen molar-refractivity contribution in [2.75, 3.05) is 0 Å². The van der Waals surface area contributed by atoms with Crippen molar-refractivity contribution >= 4 is 11.8 Å². The molecule has 106 valence electrons. The highest BCUT2D eigenvalue weighted by Crippen LogP contribution is 2.34. The molecule has 1 nitrogen and oxygen atoms in total. The van der Waals surface area contributed by atoms with Crippen LogP contribution in [-0.4, -0.2) is 6.04 Å². The van der Waals surface area contributed by atoms with Crippen LogP contribution in [0.2, 0.25) is 0 Å². The summed E-state index contributed by atoms with van der Waals surface area (Å²) in [5.41, 5.74) is 9.80. The van der Waals surface area contributed by atoms with E-state index in [2.05, 4.69) is 25.1 Å². The quantitative estimate of drug-likeness (QED) is 0.879. The van der Waals surface area contributed by atoms with Crippen LogP contribution in [0.1, 0.15) is 28.9 Å². The molecule has 0 saturated heterocycles. The molecule has 0 fully saturated rings. The number of hydrogen-bond acceptors (Lipinski definition) is 2. The van der Waals surface area contributed by atoms with Gasteiger partial charge in [-0.1, -0.05) is 36.4 Å². The molecule has 0 saturated carbocycles. The minimum absolute atomic E-state index is 0.0227. The first-order valence-electron chi connectivity index (χ1n) is 6.75. The number of nitrogens with two attached hydrogens (primary N) is 1. The van der Waals surface area contributed by atoms with Gasteiger partial charge in [-0.3, -0.25) is 0 Å². The third kappa shape index (κ3) is 3.84. The molecule has 0 aliphatic rings. The number of rotatable bonds is 5. The van der Waals surface area contributed by atoms with E-state index in [4.69, 9.17) is 5.73 Å². The third-order valence-electron chi connectivity index (χ3n) is 3.36. The van der Waals surface area contributed by atoms with Gasteiger partial charge in [0.25, 0.3) is 0 Å². The molecule has 0 spiro atoms. The lowest BCUT2D eigenvalue weighted by atomic mass is 10.1. The highest BCUT2D eigenvalue weighted by atomic mass is 32.2. The van der Waals surface area contributed by atoms with E-state index in [0.29, 0.717) is 0 Å². The van der Waals surface area contributed by atoms with Gasteiger partial charge in [-0.05, 0) is 42.7 Å². The van der Waals surface area contributed by atoms with E-state index in [1.165, 1.54) is 23.3 Å². The van der Waals surface area contributed by atoms with Crippen molar-refractivity contribution in [1.29, 1.82) is 0 Å². The molecule has 0 radical (unpaired) electrons. The Morgan fingerprint density at radius 1 is 1.10 bits per heavy atom. The van der Waals surface area contributed by atoms with Crippen LogP contribution in [0, 0.1) is 12.7 Å². The summed E-state index contributed by atoms with van der Waals surface area (Å²) in [6.07, 6.45) is 0. The Morgan fingerprint density at radius 2 is 1.75 bits per heavy atom. The van der Waals surface area contributed by atoms with E-state index >= 15 is 0 Å². The molecule has 2 unspecified atom stereocenters. The molecule has 2 aromatic rings. The van der Waals surface area contributed by atoms with E-state index in [1.54, 1.807) is 0 Å². The third-order valence-corrected chi connectivity index (χ3v) is 4.89. The number of hydrogen-bond donors (Lipinski definition) is 1. The Labute approximate surface area is 124 Å². The van der Waals surface area contributed by atoms with E-state index in [0.717, 1.165) is 11.3 Å². The van der Waals surface area contributed by atoms with Crippen LogP contribution in [0.4, 0.5) is 4.39 Å². The maximum Gasteiger partial charge on any atom is 0.123 e. The van der Waals surface area contributed by atoms with Gasteiger partial charge in [0.05, 0.1) is 0 Å². The largest absolute Gasteiger partial charge is 0.327 e. The van der Waals surface area contributed by atoms with Gasteiger partial charge < -0.3 is 5.73 Å². The lowest BCUT2D eigenvalue weighted by Gasteiger charge is -2.21. The molecule has 2 atom stereocenters. The van der Waals surface area contributed by atoms with Crippen molar-refractivity contribution in [3.8, 4) is 0 Å². The maximum atomic E-state index is 13.0. The van der Waals surface area contributed by atoms with Crippen LogP contribution in [0.5, 0.6) is 0 Å². The molecule has 2 N–H and O–H groups in total. The van der Waals surface area contributed by atoms with Gasteiger partial charge in [0.2, 0.25) is 0 Å². The normalized spacial score (nSPS) is 14.0. The Morgan fingerprint density at radius 3 is 2.35 bits per heavy atom. The van der Waals surface area contributed by atoms with Gasteiger partial charge in [0, 0.05) is 17.0 Å².